The summed E-state index contributed by atoms with van der Waals surface area (Å²) in [4.78, 5) is 46.0. The Morgan fingerprint density at radius 1 is 1.13 bits per heavy atom. The molecule has 204 valence electrons. The summed E-state index contributed by atoms with van der Waals surface area (Å²) in [5, 5.41) is 28.6. The first-order valence-electron chi connectivity index (χ1n) is 12.4. The molecular formula is C28H31N5O6. The minimum absolute atomic E-state index is 0.0348. The molecule has 0 saturated carbocycles. The molecule has 1 aliphatic rings. The van der Waals surface area contributed by atoms with Gasteiger partial charge < -0.3 is 30.9 Å². The lowest BCUT2D eigenvalue weighted by Crippen LogP contribution is -2.41. The number of anilines is 3. The quantitative estimate of drug-likeness (QED) is 0.245. The number of amides is 1. The van der Waals surface area contributed by atoms with Crippen LogP contribution in [0, 0.1) is 0 Å². The summed E-state index contributed by atoms with van der Waals surface area (Å²) in [5.74, 6) is -1.33. The van der Waals surface area contributed by atoms with Crippen LogP contribution >= 0.6 is 0 Å². The lowest BCUT2D eigenvalue weighted by Gasteiger charge is -2.21. The van der Waals surface area contributed by atoms with Crippen LogP contribution in [0.5, 0.6) is 0 Å². The van der Waals surface area contributed by atoms with Crippen molar-refractivity contribution in [2.45, 2.75) is 44.9 Å². The van der Waals surface area contributed by atoms with E-state index in [4.69, 9.17) is 4.74 Å². The first-order chi connectivity index (χ1) is 18.4. The van der Waals surface area contributed by atoms with Gasteiger partial charge in [-0.05, 0) is 51.5 Å². The zero-order valence-corrected chi connectivity index (χ0v) is 22.1. The number of carbonyl (C=O) groups excluding carboxylic acids is 3. The van der Waals surface area contributed by atoms with E-state index in [1.807, 2.05) is 30.3 Å². The molecule has 5 N–H and O–H groups in total. The van der Waals surface area contributed by atoms with Gasteiger partial charge in [0.2, 0.25) is 5.95 Å². The van der Waals surface area contributed by atoms with Crippen LogP contribution < -0.4 is 16.0 Å². The lowest BCUT2D eigenvalue weighted by atomic mass is 9.95. The maximum Gasteiger partial charge on any atom is 0.339 e. The van der Waals surface area contributed by atoms with Gasteiger partial charge in [-0.1, -0.05) is 30.3 Å². The van der Waals surface area contributed by atoms with Gasteiger partial charge in [-0.25, -0.2) is 9.78 Å². The number of Topliss-reactive ketones (excluding diaryl/α,β-unsaturated/α-hetero) is 1. The molecule has 1 aliphatic heterocycles. The Morgan fingerprint density at radius 2 is 1.85 bits per heavy atom. The highest BCUT2D eigenvalue weighted by Gasteiger charge is 2.37. The second-order valence-corrected chi connectivity index (χ2v) is 10.2. The molecular weight excluding hydrogens is 502 g/mol. The molecule has 11 nitrogen and oxygen atoms in total. The van der Waals surface area contributed by atoms with Gasteiger partial charge in [0, 0.05) is 17.4 Å². The molecule has 1 amide bonds. The highest BCUT2D eigenvalue weighted by molar-refractivity contribution is 6.01. The Bertz CT molecular complexity index is 1400. The van der Waals surface area contributed by atoms with Crippen LogP contribution in [0.2, 0.25) is 0 Å². The number of benzene rings is 2. The van der Waals surface area contributed by atoms with Gasteiger partial charge in [0.1, 0.15) is 22.6 Å². The molecule has 39 heavy (non-hydrogen) atoms. The van der Waals surface area contributed by atoms with Crippen molar-refractivity contribution in [2.24, 2.45) is 0 Å². The molecule has 0 spiro atoms. The van der Waals surface area contributed by atoms with Gasteiger partial charge in [-0.2, -0.15) is 4.98 Å². The van der Waals surface area contributed by atoms with Gasteiger partial charge in [0.25, 0.3) is 5.91 Å². The first-order valence-corrected chi connectivity index (χ1v) is 12.4. The van der Waals surface area contributed by atoms with Crippen LogP contribution in [-0.4, -0.2) is 56.6 Å². The van der Waals surface area contributed by atoms with E-state index in [2.05, 4.69) is 25.9 Å². The standard InChI is InChI=1S/C28H31N5O6/c1-27(2,38)22(35)14-29-24(36)19-13-30-26(33-23(19)32-21(15-34)16-8-6-5-7-9-16)31-17-10-11-18-20(12-17)28(3,4)39-25(18)37/h5-13,21,34,38H,14-15H2,1-4H3,(H,29,36)(H2,30,31,32,33)/t21-/m1/s1. The van der Waals surface area contributed by atoms with E-state index in [9.17, 15) is 24.6 Å². The number of aliphatic hydroxyl groups is 2. The zero-order valence-electron chi connectivity index (χ0n) is 22.1. The van der Waals surface area contributed by atoms with Gasteiger partial charge in [-0.15, -0.1) is 0 Å². The Hall–Kier alpha value is -4.35. The fraction of sp³-hybridized carbons (Fsp3) is 0.321. The minimum atomic E-state index is -1.60. The minimum Gasteiger partial charge on any atom is -0.451 e. The summed E-state index contributed by atoms with van der Waals surface area (Å²) in [6, 6.07) is 13.7. The first kappa shape index (κ1) is 27.7. The normalized spacial score (nSPS) is 14.7. The summed E-state index contributed by atoms with van der Waals surface area (Å²) in [6.07, 6.45) is 1.30. The topological polar surface area (TPSA) is 163 Å². The molecule has 0 bridgehead atoms. The largest absolute Gasteiger partial charge is 0.451 e. The maximum atomic E-state index is 13.0. The molecule has 0 unspecified atom stereocenters. The molecule has 0 aliphatic carbocycles. The predicted molar refractivity (Wildman–Crippen MR) is 144 cm³/mol. The van der Waals surface area contributed by atoms with Crippen LogP contribution in [0.4, 0.5) is 17.5 Å². The van der Waals surface area contributed by atoms with E-state index in [0.29, 0.717) is 16.8 Å². The molecule has 2 aromatic carbocycles. The zero-order chi connectivity index (χ0) is 28.4. The van der Waals surface area contributed by atoms with Crippen molar-refractivity contribution in [2.75, 3.05) is 23.8 Å². The molecule has 0 radical (unpaired) electrons. The Kier molecular flexibility index (Phi) is 7.66. The second kappa shape index (κ2) is 10.8. The number of hydrogen-bond donors (Lipinski definition) is 5. The monoisotopic (exact) mass is 533 g/mol. The Labute approximate surface area is 225 Å². The van der Waals surface area contributed by atoms with Crippen molar-refractivity contribution in [3.8, 4) is 0 Å². The number of hydrogen-bond acceptors (Lipinski definition) is 10. The van der Waals surface area contributed by atoms with E-state index in [1.54, 1.807) is 32.0 Å². The van der Waals surface area contributed by atoms with Gasteiger partial charge in [-0.3, -0.25) is 9.59 Å². The third kappa shape index (κ3) is 6.21. The van der Waals surface area contributed by atoms with Crippen LogP contribution in [-0.2, 0) is 15.1 Å². The highest BCUT2D eigenvalue weighted by Crippen LogP contribution is 2.37. The van der Waals surface area contributed by atoms with E-state index in [-0.39, 0.29) is 23.9 Å². The van der Waals surface area contributed by atoms with Gasteiger partial charge in [0.05, 0.1) is 24.8 Å². The number of ether oxygens (including phenoxy) is 1. The van der Waals surface area contributed by atoms with E-state index in [1.165, 1.54) is 20.0 Å². The van der Waals surface area contributed by atoms with E-state index >= 15 is 0 Å². The van der Waals surface area contributed by atoms with Crippen molar-refractivity contribution in [1.29, 1.82) is 0 Å². The number of ketones is 1. The molecule has 0 fully saturated rings. The SMILES string of the molecule is CC(C)(O)C(=O)CNC(=O)c1cnc(Nc2ccc3c(c2)C(C)(C)OC3=O)nc1N[C@H](CO)c1ccccc1. The highest BCUT2D eigenvalue weighted by atomic mass is 16.6. The van der Waals surface area contributed by atoms with Crippen LogP contribution in [0.15, 0.2) is 54.7 Å². The Morgan fingerprint density at radius 3 is 2.51 bits per heavy atom. The molecule has 3 aromatic rings. The molecule has 4 rings (SSSR count). The number of aliphatic hydroxyl groups excluding tert-OH is 1. The predicted octanol–water partition coefficient (Wildman–Crippen LogP) is 2.84. The lowest BCUT2D eigenvalue weighted by molar-refractivity contribution is -0.132. The molecule has 2 heterocycles. The number of fused-ring (bicyclic) bond motifs is 1. The van der Waals surface area contributed by atoms with Crippen LogP contribution in [0.25, 0.3) is 0 Å². The van der Waals surface area contributed by atoms with Crippen molar-refractivity contribution in [3.05, 3.63) is 77.0 Å². The van der Waals surface area contributed by atoms with E-state index < -0.39 is 41.4 Å². The van der Waals surface area contributed by atoms with E-state index in [0.717, 1.165) is 5.56 Å². The number of nitrogens with one attached hydrogen (secondary N) is 3. The molecule has 1 aromatic heterocycles. The second-order valence-electron chi connectivity index (χ2n) is 10.2. The van der Waals surface area contributed by atoms with Crippen molar-refractivity contribution in [3.63, 3.8) is 0 Å². The Balaban J connectivity index is 1.64. The van der Waals surface area contributed by atoms with Crippen molar-refractivity contribution in [1.82, 2.24) is 15.3 Å². The number of esters is 1. The fourth-order valence-corrected chi connectivity index (χ4v) is 4.04. The van der Waals surface area contributed by atoms with Crippen LogP contribution in [0.1, 0.15) is 65.6 Å². The number of carbonyl (C=O) groups is 3. The summed E-state index contributed by atoms with van der Waals surface area (Å²) in [7, 11) is 0. The molecule has 1 atom stereocenters. The van der Waals surface area contributed by atoms with Gasteiger partial charge >= 0.3 is 5.97 Å². The van der Waals surface area contributed by atoms with Crippen molar-refractivity contribution >= 4 is 35.1 Å². The molecule has 11 heteroatoms. The van der Waals surface area contributed by atoms with Gasteiger partial charge in [0.15, 0.2) is 5.78 Å². The summed E-state index contributed by atoms with van der Waals surface area (Å²) < 4.78 is 5.43. The number of rotatable bonds is 10. The molecule has 0 saturated heterocycles. The number of aromatic nitrogens is 2. The number of nitrogens with zero attached hydrogens (tertiary/aromatic N) is 2. The summed E-state index contributed by atoms with van der Waals surface area (Å²) in [6.45, 7) is 5.59. The summed E-state index contributed by atoms with van der Waals surface area (Å²) >= 11 is 0. The fourth-order valence-electron chi connectivity index (χ4n) is 4.04. The third-order valence-electron chi connectivity index (χ3n) is 6.31. The average Bonchev–Trinajstić information content (AvgIpc) is 3.12. The van der Waals surface area contributed by atoms with Crippen LogP contribution in [0.3, 0.4) is 0 Å². The average molecular weight is 534 g/mol. The summed E-state index contributed by atoms with van der Waals surface area (Å²) in [5.41, 5.74) is 0.205. The third-order valence-corrected chi connectivity index (χ3v) is 6.31. The number of cyclic esters (lactones) is 1. The van der Waals surface area contributed by atoms with Crippen molar-refractivity contribution < 1.29 is 29.3 Å². The maximum absolute atomic E-state index is 13.0. The smallest absolute Gasteiger partial charge is 0.339 e.